The lowest BCUT2D eigenvalue weighted by Gasteiger charge is -2.36. The highest BCUT2D eigenvalue weighted by atomic mass is 35.5. The van der Waals surface area contributed by atoms with Crippen molar-refractivity contribution >= 4 is 23.4 Å². The van der Waals surface area contributed by atoms with Crippen molar-refractivity contribution in [3.8, 4) is 0 Å². The molecule has 3 rings (SSSR count). The van der Waals surface area contributed by atoms with Crippen molar-refractivity contribution in [3.05, 3.63) is 22.2 Å². The molecule has 0 radical (unpaired) electrons. The molecule has 0 unspecified atom stereocenters. The standard InChI is InChI=1S/C16H23ClN2S/c1-16(2,3)11-6-4-10(5-7-11)15-18-13-9-20-8-12(13)14(17)19-15/h10-11H,4-9H2,1-3H3. The van der Waals surface area contributed by atoms with Crippen LogP contribution in [-0.2, 0) is 11.5 Å². The first kappa shape index (κ1) is 14.6. The molecule has 0 atom stereocenters. The smallest absolute Gasteiger partial charge is 0.137 e. The minimum atomic E-state index is 0.429. The minimum Gasteiger partial charge on any atom is -0.236 e. The van der Waals surface area contributed by atoms with E-state index in [1.165, 1.54) is 36.9 Å². The lowest BCUT2D eigenvalue weighted by atomic mass is 9.69. The first-order valence-corrected chi connectivity index (χ1v) is 9.11. The van der Waals surface area contributed by atoms with E-state index in [9.17, 15) is 0 Å². The van der Waals surface area contributed by atoms with Crippen LogP contribution in [0, 0.1) is 11.3 Å². The molecule has 0 amide bonds. The number of aromatic nitrogens is 2. The topological polar surface area (TPSA) is 25.8 Å². The van der Waals surface area contributed by atoms with E-state index in [1.54, 1.807) is 0 Å². The summed E-state index contributed by atoms with van der Waals surface area (Å²) in [6, 6.07) is 0. The summed E-state index contributed by atoms with van der Waals surface area (Å²) >= 11 is 8.22. The van der Waals surface area contributed by atoms with Crippen LogP contribution < -0.4 is 0 Å². The highest BCUT2D eigenvalue weighted by Crippen LogP contribution is 2.43. The molecule has 1 fully saturated rings. The van der Waals surface area contributed by atoms with Crippen LogP contribution in [0.2, 0.25) is 5.15 Å². The molecule has 110 valence electrons. The van der Waals surface area contributed by atoms with Crippen molar-refractivity contribution in [2.75, 3.05) is 0 Å². The highest BCUT2D eigenvalue weighted by molar-refractivity contribution is 7.98. The van der Waals surface area contributed by atoms with Gasteiger partial charge in [0.1, 0.15) is 11.0 Å². The summed E-state index contributed by atoms with van der Waals surface area (Å²) in [5.74, 6) is 4.33. The Hall–Kier alpha value is -0.280. The molecule has 20 heavy (non-hydrogen) atoms. The van der Waals surface area contributed by atoms with Crippen LogP contribution in [0.5, 0.6) is 0 Å². The van der Waals surface area contributed by atoms with Gasteiger partial charge in [0, 0.05) is 23.0 Å². The summed E-state index contributed by atoms with van der Waals surface area (Å²) in [7, 11) is 0. The normalized spacial score (nSPS) is 26.6. The fraction of sp³-hybridized carbons (Fsp3) is 0.750. The number of hydrogen-bond acceptors (Lipinski definition) is 3. The Balaban J connectivity index is 1.74. The van der Waals surface area contributed by atoms with E-state index in [-0.39, 0.29) is 0 Å². The Kier molecular flexibility index (Phi) is 4.02. The maximum Gasteiger partial charge on any atom is 0.137 e. The number of nitrogens with zero attached hydrogens (tertiary/aromatic N) is 2. The fourth-order valence-electron chi connectivity index (χ4n) is 3.43. The van der Waals surface area contributed by atoms with Gasteiger partial charge in [-0.05, 0) is 37.0 Å². The molecule has 1 aliphatic heterocycles. The van der Waals surface area contributed by atoms with Gasteiger partial charge in [0.25, 0.3) is 0 Å². The van der Waals surface area contributed by atoms with Gasteiger partial charge in [-0.1, -0.05) is 32.4 Å². The molecule has 0 spiro atoms. The third kappa shape index (κ3) is 2.85. The molecule has 1 aromatic heterocycles. The highest BCUT2D eigenvalue weighted by Gasteiger charge is 2.32. The monoisotopic (exact) mass is 310 g/mol. The maximum absolute atomic E-state index is 6.33. The number of hydrogen-bond donors (Lipinski definition) is 0. The van der Waals surface area contributed by atoms with E-state index >= 15 is 0 Å². The van der Waals surface area contributed by atoms with Gasteiger partial charge in [0.15, 0.2) is 0 Å². The van der Waals surface area contributed by atoms with Crippen molar-refractivity contribution in [2.24, 2.45) is 11.3 Å². The predicted molar refractivity (Wildman–Crippen MR) is 86.2 cm³/mol. The van der Waals surface area contributed by atoms with Crippen LogP contribution in [0.3, 0.4) is 0 Å². The molecule has 2 nitrogen and oxygen atoms in total. The number of halogens is 1. The molecule has 4 heteroatoms. The zero-order valence-corrected chi connectivity index (χ0v) is 14.2. The van der Waals surface area contributed by atoms with Crippen LogP contribution in [0.1, 0.15) is 69.5 Å². The number of thioether (sulfide) groups is 1. The maximum atomic E-state index is 6.33. The minimum absolute atomic E-state index is 0.429. The van der Waals surface area contributed by atoms with E-state index in [0.29, 0.717) is 16.5 Å². The summed E-state index contributed by atoms with van der Waals surface area (Å²) in [5, 5.41) is 0.702. The molecule has 0 aromatic carbocycles. The van der Waals surface area contributed by atoms with Crippen LogP contribution >= 0.6 is 23.4 Å². The van der Waals surface area contributed by atoms with Crippen LogP contribution in [-0.4, -0.2) is 9.97 Å². The summed E-state index contributed by atoms with van der Waals surface area (Å²) in [4.78, 5) is 9.41. The summed E-state index contributed by atoms with van der Waals surface area (Å²) < 4.78 is 0. The predicted octanol–water partition coefficient (Wildman–Crippen LogP) is 5.20. The summed E-state index contributed by atoms with van der Waals surface area (Å²) in [6.45, 7) is 7.08. The van der Waals surface area contributed by atoms with E-state index in [4.69, 9.17) is 16.6 Å². The second-order valence-corrected chi connectivity index (χ2v) is 8.55. The van der Waals surface area contributed by atoms with E-state index in [1.807, 2.05) is 11.8 Å². The van der Waals surface area contributed by atoms with Crippen molar-refractivity contribution in [3.63, 3.8) is 0 Å². The molecule has 2 heterocycles. The fourth-order valence-corrected chi connectivity index (χ4v) is 4.81. The van der Waals surface area contributed by atoms with Crippen molar-refractivity contribution in [1.29, 1.82) is 0 Å². The van der Waals surface area contributed by atoms with Gasteiger partial charge in [-0.3, -0.25) is 0 Å². The van der Waals surface area contributed by atoms with Crippen molar-refractivity contribution in [2.45, 2.75) is 63.9 Å². The Morgan fingerprint density at radius 3 is 2.40 bits per heavy atom. The molecule has 0 N–H and O–H groups in total. The quantitative estimate of drug-likeness (QED) is 0.667. The Bertz CT molecular complexity index is 502. The summed E-state index contributed by atoms with van der Waals surface area (Å²) in [5.41, 5.74) is 2.78. The molecule has 1 aliphatic carbocycles. The molecule has 2 aliphatic rings. The third-order valence-electron chi connectivity index (χ3n) is 4.86. The first-order valence-electron chi connectivity index (χ1n) is 7.58. The van der Waals surface area contributed by atoms with E-state index in [2.05, 4.69) is 25.8 Å². The Morgan fingerprint density at radius 2 is 1.75 bits per heavy atom. The van der Waals surface area contributed by atoms with Gasteiger partial charge < -0.3 is 0 Å². The summed E-state index contributed by atoms with van der Waals surface area (Å²) in [6.07, 6.45) is 5.01. The SMILES string of the molecule is CC(C)(C)C1CCC(c2nc(Cl)c3c(n2)CSC3)CC1. The van der Waals surface area contributed by atoms with Crippen LogP contribution in [0.15, 0.2) is 0 Å². The van der Waals surface area contributed by atoms with Gasteiger partial charge in [-0.25, -0.2) is 9.97 Å². The van der Waals surface area contributed by atoms with Crippen LogP contribution in [0.4, 0.5) is 0 Å². The Labute approximate surface area is 131 Å². The molecule has 1 saturated carbocycles. The number of fused-ring (bicyclic) bond motifs is 1. The van der Waals surface area contributed by atoms with Gasteiger partial charge in [0.05, 0.1) is 5.69 Å². The zero-order valence-electron chi connectivity index (χ0n) is 12.6. The Morgan fingerprint density at radius 1 is 1.05 bits per heavy atom. The average molecular weight is 311 g/mol. The third-order valence-corrected chi connectivity index (χ3v) is 6.14. The van der Waals surface area contributed by atoms with Crippen LogP contribution in [0.25, 0.3) is 0 Å². The van der Waals surface area contributed by atoms with Gasteiger partial charge in [-0.2, -0.15) is 11.8 Å². The molecular formula is C16H23ClN2S. The molecule has 0 bridgehead atoms. The lowest BCUT2D eigenvalue weighted by molar-refractivity contribution is 0.167. The van der Waals surface area contributed by atoms with Crippen molar-refractivity contribution < 1.29 is 0 Å². The largest absolute Gasteiger partial charge is 0.236 e. The average Bonchev–Trinajstić information content (AvgIpc) is 2.86. The van der Waals surface area contributed by atoms with Gasteiger partial charge in [0.2, 0.25) is 0 Å². The second-order valence-electron chi connectivity index (χ2n) is 7.21. The van der Waals surface area contributed by atoms with Gasteiger partial charge in [-0.15, -0.1) is 0 Å². The van der Waals surface area contributed by atoms with E-state index < -0.39 is 0 Å². The second kappa shape index (κ2) is 5.49. The van der Waals surface area contributed by atoms with Crippen molar-refractivity contribution in [1.82, 2.24) is 9.97 Å². The number of rotatable bonds is 1. The molecule has 1 aromatic rings. The van der Waals surface area contributed by atoms with Gasteiger partial charge >= 0.3 is 0 Å². The zero-order chi connectivity index (χ0) is 14.3. The van der Waals surface area contributed by atoms with E-state index in [0.717, 1.165) is 23.2 Å². The molecule has 0 saturated heterocycles. The first-order chi connectivity index (χ1) is 9.45. The molecular weight excluding hydrogens is 288 g/mol. The lowest BCUT2D eigenvalue weighted by Crippen LogP contribution is -2.26.